The summed E-state index contributed by atoms with van der Waals surface area (Å²) in [6.45, 7) is 7.68. The van der Waals surface area contributed by atoms with E-state index >= 15 is 0 Å². The van der Waals surface area contributed by atoms with Crippen molar-refractivity contribution in [2.75, 3.05) is 25.6 Å². The average Bonchev–Trinajstić information content (AvgIpc) is 2.42. The standard InChI is InChI=1S/C16H23ClN2O3/c1-10-8-11(2)13(12(17)9-10)19-15(21)16(3,4)14(20)18-6-7-22-5/h8-9H,6-7H2,1-5H3,(H,18,20)(H,19,21). The van der Waals surface area contributed by atoms with Gasteiger partial charge in [-0.1, -0.05) is 17.7 Å². The molecule has 0 spiro atoms. The van der Waals surface area contributed by atoms with E-state index in [0.717, 1.165) is 11.1 Å². The molecule has 0 atom stereocenters. The highest BCUT2D eigenvalue weighted by Gasteiger charge is 2.36. The van der Waals surface area contributed by atoms with E-state index in [1.54, 1.807) is 27.0 Å². The van der Waals surface area contributed by atoms with Crippen LogP contribution in [0.2, 0.25) is 5.02 Å². The molecule has 122 valence electrons. The number of nitrogens with one attached hydrogen (secondary N) is 2. The largest absolute Gasteiger partial charge is 0.383 e. The van der Waals surface area contributed by atoms with Crippen molar-refractivity contribution in [1.82, 2.24) is 5.32 Å². The zero-order valence-electron chi connectivity index (χ0n) is 13.7. The number of benzene rings is 1. The minimum absolute atomic E-state index is 0.357. The fourth-order valence-electron chi connectivity index (χ4n) is 1.93. The number of rotatable bonds is 6. The molecule has 0 bridgehead atoms. The molecule has 0 fully saturated rings. The van der Waals surface area contributed by atoms with E-state index in [-0.39, 0.29) is 5.91 Å². The number of carbonyl (C=O) groups is 2. The summed E-state index contributed by atoms with van der Waals surface area (Å²) in [5.41, 5.74) is 1.19. The van der Waals surface area contributed by atoms with Gasteiger partial charge in [-0.3, -0.25) is 9.59 Å². The predicted octanol–water partition coefficient (Wildman–Crippen LogP) is 2.68. The Balaban J connectivity index is 2.85. The van der Waals surface area contributed by atoms with Crippen LogP contribution in [0, 0.1) is 19.3 Å². The highest BCUT2D eigenvalue weighted by atomic mass is 35.5. The molecular formula is C16H23ClN2O3. The molecule has 0 aliphatic carbocycles. The van der Waals surface area contributed by atoms with Crippen LogP contribution in [0.5, 0.6) is 0 Å². The van der Waals surface area contributed by atoms with Gasteiger partial charge >= 0.3 is 0 Å². The average molecular weight is 327 g/mol. The van der Waals surface area contributed by atoms with Crippen LogP contribution >= 0.6 is 11.6 Å². The molecule has 0 saturated heterocycles. The van der Waals surface area contributed by atoms with Crippen LogP contribution in [0.4, 0.5) is 5.69 Å². The Morgan fingerprint density at radius 2 is 1.86 bits per heavy atom. The van der Waals surface area contributed by atoms with E-state index in [4.69, 9.17) is 16.3 Å². The third-order valence-electron chi connectivity index (χ3n) is 3.40. The van der Waals surface area contributed by atoms with Crippen molar-refractivity contribution in [3.05, 3.63) is 28.3 Å². The number of anilines is 1. The molecule has 1 aromatic carbocycles. The Kier molecular flexibility index (Phi) is 6.38. The minimum Gasteiger partial charge on any atom is -0.383 e. The van der Waals surface area contributed by atoms with E-state index in [1.807, 2.05) is 19.9 Å². The summed E-state index contributed by atoms with van der Waals surface area (Å²) >= 11 is 6.18. The summed E-state index contributed by atoms with van der Waals surface area (Å²) in [5, 5.41) is 5.89. The second kappa shape index (κ2) is 7.61. The smallest absolute Gasteiger partial charge is 0.239 e. The Hall–Kier alpha value is -1.59. The van der Waals surface area contributed by atoms with Crippen molar-refractivity contribution < 1.29 is 14.3 Å². The van der Waals surface area contributed by atoms with Crippen LogP contribution in [0.25, 0.3) is 0 Å². The van der Waals surface area contributed by atoms with Gasteiger partial charge in [-0.25, -0.2) is 0 Å². The Morgan fingerprint density at radius 3 is 2.41 bits per heavy atom. The fourth-order valence-corrected chi connectivity index (χ4v) is 2.30. The highest BCUT2D eigenvalue weighted by molar-refractivity contribution is 6.34. The molecule has 0 radical (unpaired) electrons. The summed E-state index contributed by atoms with van der Waals surface area (Å²) in [6.07, 6.45) is 0. The zero-order valence-corrected chi connectivity index (χ0v) is 14.4. The van der Waals surface area contributed by atoms with Gasteiger partial charge in [0, 0.05) is 13.7 Å². The van der Waals surface area contributed by atoms with Crippen LogP contribution in [0.3, 0.4) is 0 Å². The number of carbonyl (C=O) groups excluding carboxylic acids is 2. The molecule has 2 amide bonds. The monoisotopic (exact) mass is 326 g/mol. The molecule has 22 heavy (non-hydrogen) atoms. The van der Waals surface area contributed by atoms with Crippen LogP contribution in [0.1, 0.15) is 25.0 Å². The zero-order chi connectivity index (χ0) is 16.9. The summed E-state index contributed by atoms with van der Waals surface area (Å²) in [6, 6.07) is 3.70. The maximum absolute atomic E-state index is 12.4. The van der Waals surface area contributed by atoms with Crippen molar-refractivity contribution in [1.29, 1.82) is 0 Å². The molecule has 0 aliphatic heterocycles. The molecule has 1 rings (SSSR count). The SMILES string of the molecule is COCCNC(=O)C(C)(C)C(=O)Nc1c(C)cc(C)cc1Cl. The Bertz CT molecular complexity index is 548. The molecule has 5 nitrogen and oxygen atoms in total. The molecule has 1 aromatic rings. The van der Waals surface area contributed by atoms with Crippen molar-refractivity contribution in [3.63, 3.8) is 0 Å². The predicted molar refractivity (Wildman–Crippen MR) is 88.2 cm³/mol. The first-order valence-corrected chi connectivity index (χ1v) is 7.43. The van der Waals surface area contributed by atoms with Crippen molar-refractivity contribution in [2.24, 2.45) is 5.41 Å². The van der Waals surface area contributed by atoms with Gasteiger partial charge in [-0.15, -0.1) is 0 Å². The summed E-state index contributed by atoms with van der Waals surface area (Å²) in [7, 11) is 1.55. The second-order valence-electron chi connectivity index (χ2n) is 5.77. The quantitative estimate of drug-likeness (QED) is 0.624. The topological polar surface area (TPSA) is 67.4 Å². The van der Waals surface area contributed by atoms with Crippen molar-refractivity contribution in [3.8, 4) is 0 Å². The van der Waals surface area contributed by atoms with Crippen LogP contribution in [-0.4, -0.2) is 32.1 Å². The van der Waals surface area contributed by atoms with Crippen molar-refractivity contribution in [2.45, 2.75) is 27.7 Å². The van der Waals surface area contributed by atoms with Gasteiger partial charge in [-0.2, -0.15) is 0 Å². The lowest BCUT2D eigenvalue weighted by molar-refractivity contribution is -0.138. The highest BCUT2D eigenvalue weighted by Crippen LogP contribution is 2.29. The first-order valence-electron chi connectivity index (χ1n) is 7.05. The van der Waals surface area contributed by atoms with Gasteiger partial charge in [0.2, 0.25) is 11.8 Å². The molecule has 0 saturated carbocycles. The second-order valence-corrected chi connectivity index (χ2v) is 6.17. The van der Waals surface area contributed by atoms with E-state index < -0.39 is 11.3 Å². The van der Waals surface area contributed by atoms with Gasteiger partial charge in [0.25, 0.3) is 0 Å². The fraction of sp³-hybridized carbons (Fsp3) is 0.500. The molecule has 2 N–H and O–H groups in total. The molecule has 0 unspecified atom stereocenters. The summed E-state index contributed by atoms with van der Waals surface area (Å²) in [5.74, 6) is -0.765. The lowest BCUT2D eigenvalue weighted by Crippen LogP contribution is -2.46. The molecule has 0 aromatic heterocycles. The number of aryl methyl sites for hydroxylation is 2. The number of hydrogen-bond acceptors (Lipinski definition) is 3. The number of hydrogen-bond donors (Lipinski definition) is 2. The molecule has 6 heteroatoms. The first-order chi connectivity index (χ1) is 10.2. The van der Waals surface area contributed by atoms with Gasteiger partial charge < -0.3 is 15.4 Å². The van der Waals surface area contributed by atoms with E-state index in [0.29, 0.717) is 23.9 Å². The van der Waals surface area contributed by atoms with Crippen LogP contribution < -0.4 is 10.6 Å². The van der Waals surface area contributed by atoms with Gasteiger partial charge in [-0.05, 0) is 44.9 Å². The number of halogens is 1. The van der Waals surface area contributed by atoms with E-state index in [2.05, 4.69) is 10.6 Å². The van der Waals surface area contributed by atoms with Crippen molar-refractivity contribution >= 4 is 29.1 Å². The van der Waals surface area contributed by atoms with Gasteiger partial charge in [0.1, 0.15) is 5.41 Å². The summed E-state index contributed by atoms with van der Waals surface area (Å²) < 4.78 is 4.87. The lowest BCUT2D eigenvalue weighted by atomic mass is 9.90. The minimum atomic E-state index is -1.21. The number of ether oxygens (including phenoxy) is 1. The van der Waals surface area contributed by atoms with E-state index in [9.17, 15) is 9.59 Å². The normalized spacial score (nSPS) is 11.2. The first kappa shape index (κ1) is 18.5. The molecular weight excluding hydrogens is 304 g/mol. The van der Waals surface area contributed by atoms with Crippen LogP contribution in [-0.2, 0) is 14.3 Å². The number of amides is 2. The molecule has 0 aliphatic rings. The maximum Gasteiger partial charge on any atom is 0.239 e. The molecule has 0 heterocycles. The summed E-state index contributed by atoms with van der Waals surface area (Å²) in [4.78, 5) is 24.6. The lowest BCUT2D eigenvalue weighted by Gasteiger charge is -2.23. The van der Waals surface area contributed by atoms with Crippen LogP contribution in [0.15, 0.2) is 12.1 Å². The Morgan fingerprint density at radius 1 is 1.23 bits per heavy atom. The third-order valence-corrected chi connectivity index (χ3v) is 3.70. The van der Waals surface area contributed by atoms with Gasteiger partial charge in [0.15, 0.2) is 0 Å². The Labute approximate surface area is 136 Å². The maximum atomic E-state index is 12.4. The number of methoxy groups -OCH3 is 1. The third kappa shape index (κ3) is 4.45. The van der Waals surface area contributed by atoms with Gasteiger partial charge in [0.05, 0.1) is 17.3 Å². The van der Waals surface area contributed by atoms with E-state index in [1.165, 1.54) is 0 Å².